The second-order valence-corrected chi connectivity index (χ2v) is 3.46. The van der Waals surface area contributed by atoms with Gasteiger partial charge in [-0.05, 0) is 18.2 Å². The fourth-order valence-corrected chi connectivity index (χ4v) is 1.69. The maximum absolute atomic E-state index is 4.57. The van der Waals surface area contributed by atoms with E-state index in [0.717, 1.165) is 11.5 Å². The van der Waals surface area contributed by atoms with Crippen LogP contribution in [0.15, 0.2) is 48.7 Å². The highest BCUT2D eigenvalue weighted by atomic mass is 15.0. The zero-order chi connectivity index (χ0) is 10.1. The standard InChI is InChI=1S/C13H10N2/c1-2-4-9-15-10-11-6-5-7-12(11)14-13(15)8-3-1/h1-10H/b2-1-,8-3-,9-4-. The molecule has 0 aromatic heterocycles. The summed E-state index contributed by atoms with van der Waals surface area (Å²) in [7, 11) is 0. The van der Waals surface area contributed by atoms with E-state index in [1.807, 2.05) is 53.3 Å². The largest absolute Gasteiger partial charge is 0.308 e. The van der Waals surface area contributed by atoms with E-state index in [4.69, 9.17) is 0 Å². The molecule has 0 saturated carbocycles. The Morgan fingerprint density at radius 3 is 2.93 bits per heavy atom. The molecular weight excluding hydrogens is 184 g/mol. The number of allylic oxidation sites excluding steroid dienone is 4. The van der Waals surface area contributed by atoms with E-state index in [2.05, 4.69) is 17.2 Å². The second-order valence-electron chi connectivity index (χ2n) is 3.46. The zero-order valence-corrected chi connectivity index (χ0v) is 8.17. The van der Waals surface area contributed by atoms with E-state index >= 15 is 0 Å². The van der Waals surface area contributed by atoms with Crippen molar-refractivity contribution in [3.8, 4) is 11.3 Å². The average Bonchev–Trinajstić information content (AvgIpc) is 2.64. The Bertz CT molecular complexity index is 497. The smallest absolute Gasteiger partial charge is 0.137 e. The van der Waals surface area contributed by atoms with Crippen molar-refractivity contribution in [3.05, 3.63) is 54.5 Å². The minimum absolute atomic E-state index is 0.953. The van der Waals surface area contributed by atoms with Crippen molar-refractivity contribution >= 4 is 12.3 Å². The Labute approximate surface area is 88.2 Å². The molecule has 2 heterocycles. The topological polar surface area (TPSA) is 17.8 Å². The number of hydrogen-bond acceptors (Lipinski definition) is 1. The van der Waals surface area contributed by atoms with Crippen molar-refractivity contribution in [2.75, 3.05) is 0 Å². The van der Waals surface area contributed by atoms with Gasteiger partial charge in [-0.15, -0.1) is 0 Å². The van der Waals surface area contributed by atoms with Gasteiger partial charge >= 0.3 is 0 Å². The third-order valence-electron chi connectivity index (χ3n) is 2.43. The zero-order valence-electron chi connectivity index (χ0n) is 8.17. The first kappa shape index (κ1) is 8.24. The summed E-state index contributed by atoms with van der Waals surface area (Å²) in [6.45, 7) is 0. The third-order valence-corrected chi connectivity index (χ3v) is 2.43. The molecule has 0 radical (unpaired) electrons. The molecule has 15 heavy (non-hydrogen) atoms. The Kier molecular flexibility index (Phi) is 1.78. The Hall–Kier alpha value is -2.09. The van der Waals surface area contributed by atoms with Crippen molar-refractivity contribution in [3.63, 3.8) is 0 Å². The molecule has 2 aliphatic heterocycles. The molecule has 0 aromatic carbocycles. The van der Waals surface area contributed by atoms with Gasteiger partial charge < -0.3 is 4.57 Å². The minimum Gasteiger partial charge on any atom is -0.308 e. The lowest BCUT2D eigenvalue weighted by Gasteiger charge is -2.09. The second kappa shape index (κ2) is 3.24. The molecule has 72 valence electrons. The number of rotatable bonds is 0. The first-order chi connectivity index (χ1) is 7.43. The van der Waals surface area contributed by atoms with Gasteiger partial charge in [0.25, 0.3) is 0 Å². The van der Waals surface area contributed by atoms with Gasteiger partial charge in [-0.1, -0.05) is 30.4 Å². The SMILES string of the molecule is C1=C\C=C/n2cc3cccc-3nc2\C=C/1. The van der Waals surface area contributed by atoms with Crippen LogP contribution in [0.4, 0.5) is 0 Å². The van der Waals surface area contributed by atoms with E-state index in [1.165, 1.54) is 5.56 Å². The van der Waals surface area contributed by atoms with E-state index in [0.29, 0.717) is 0 Å². The molecule has 0 bridgehead atoms. The molecule has 3 aliphatic rings. The molecule has 0 atom stereocenters. The molecule has 0 saturated heterocycles. The van der Waals surface area contributed by atoms with Crippen molar-refractivity contribution in [1.82, 2.24) is 9.55 Å². The summed E-state index contributed by atoms with van der Waals surface area (Å²) in [5.74, 6) is 0.953. The van der Waals surface area contributed by atoms with Crippen LogP contribution in [0.2, 0.25) is 0 Å². The average molecular weight is 194 g/mol. The Morgan fingerprint density at radius 2 is 1.93 bits per heavy atom. The van der Waals surface area contributed by atoms with Gasteiger partial charge in [-0.3, -0.25) is 0 Å². The molecule has 0 spiro atoms. The fourth-order valence-electron chi connectivity index (χ4n) is 1.69. The van der Waals surface area contributed by atoms with Gasteiger partial charge in [0.05, 0.1) is 5.69 Å². The van der Waals surface area contributed by atoms with Crippen LogP contribution in [0.5, 0.6) is 0 Å². The molecule has 0 N–H and O–H groups in total. The van der Waals surface area contributed by atoms with Crippen molar-refractivity contribution in [2.45, 2.75) is 0 Å². The van der Waals surface area contributed by atoms with Crippen LogP contribution in [0.1, 0.15) is 5.82 Å². The summed E-state index contributed by atoms with van der Waals surface area (Å²) in [6.07, 6.45) is 14.1. The lowest BCUT2D eigenvalue weighted by molar-refractivity contribution is 1.02. The number of fused-ring (bicyclic) bond motifs is 2. The van der Waals surface area contributed by atoms with Crippen LogP contribution in [0.25, 0.3) is 23.5 Å². The number of hydrogen-bond donors (Lipinski definition) is 0. The van der Waals surface area contributed by atoms with E-state index in [9.17, 15) is 0 Å². The summed E-state index contributed by atoms with van der Waals surface area (Å²) >= 11 is 0. The van der Waals surface area contributed by atoms with Gasteiger partial charge in [0.1, 0.15) is 5.82 Å². The van der Waals surface area contributed by atoms with Crippen LogP contribution >= 0.6 is 0 Å². The van der Waals surface area contributed by atoms with Crippen LogP contribution in [0, 0.1) is 0 Å². The third kappa shape index (κ3) is 1.40. The van der Waals surface area contributed by atoms with Crippen LogP contribution < -0.4 is 0 Å². The van der Waals surface area contributed by atoms with E-state index in [1.54, 1.807) is 0 Å². The summed E-state index contributed by atoms with van der Waals surface area (Å²) in [4.78, 5) is 4.57. The lowest BCUT2D eigenvalue weighted by Crippen LogP contribution is -2.00. The van der Waals surface area contributed by atoms with Crippen LogP contribution in [0.3, 0.4) is 0 Å². The minimum atomic E-state index is 0.953. The fraction of sp³-hybridized carbons (Fsp3) is 0. The van der Waals surface area contributed by atoms with Gasteiger partial charge in [-0.2, -0.15) is 0 Å². The highest BCUT2D eigenvalue weighted by molar-refractivity contribution is 5.65. The quantitative estimate of drug-likeness (QED) is 0.630. The molecule has 0 unspecified atom stereocenters. The first-order valence-electron chi connectivity index (χ1n) is 4.93. The predicted octanol–water partition coefficient (Wildman–Crippen LogP) is 3.04. The molecule has 2 heteroatoms. The van der Waals surface area contributed by atoms with Crippen LogP contribution in [-0.2, 0) is 0 Å². The van der Waals surface area contributed by atoms with Crippen molar-refractivity contribution in [2.24, 2.45) is 0 Å². The van der Waals surface area contributed by atoms with Gasteiger partial charge in [0, 0.05) is 18.0 Å². The molecule has 3 rings (SSSR count). The number of nitrogens with zero attached hydrogens (tertiary/aromatic N) is 2. The molecule has 2 nitrogen and oxygen atoms in total. The molecule has 0 aromatic rings. The Balaban J connectivity index is 2.28. The molecular formula is C13H10N2. The first-order valence-corrected chi connectivity index (χ1v) is 4.93. The number of aromatic nitrogens is 2. The summed E-state index contributed by atoms with van der Waals surface area (Å²) < 4.78 is 2.03. The maximum Gasteiger partial charge on any atom is 0.137 e. The normalized spacial score (nSPS) is 20.3. The highest BCUT2D eigenvalue weighted by Crippen LogP contribution is 2.21. The van der Waals surface area contributed by atoms with E-state index in [-0.39, 0.29) is 0 Å². The van der Waals surface area contributed by atoms with Crippen LogP contribution in [-0.4, -0.2) is 9.55 Å². The summed E-state index contributed by atoms with van der Waals surface area (Å²) in [6, 6.07) is 6.13. The van der Waals surface area contributed by atoms with Gasteiger partial charge in [0.2, 0.25) is 0 Å². The molecule has 0 fully saturated rings. The van der Waals surface area contributed by atoms with E-state index < -0.39 is 0 Å². The van der Waals surface area contributed by atoms with Crippen molar-refractivity contribution in [1.29, 1.82) is 0 Å². The Morgan fingerprint density at radius 1 is 1.00 bits per heavy atom. The summed E-state index contributed by atoms with van der Waals surface area (Å²) in [5.41, 5.74) is 2.21. The highest BCUT2D eigenvalue weighted by Gasteiger charge is 2.06. The predicted molar refractivity (Wildman–Crippen MR) is 62.4 cm³/mol. The molecule has 1 aliphatic carbocycles. The maximum atomic E-state index is 4.57. The van der Waals surface area contributed by atoms with Crippen molar-refractivity contribution < 1.29 is 0 Å². The monoisotopic (exact) mass is 194 g/mol. The lowest BCUT2D eigenvalue weighted by atomic mass is 10.2. The summed E-state index contributed by atoms with van der Waals surface area (Å²) in [5, 5.41) is 0. The molecule has 0 amide bonds. The van der Waals surface area contributed by atoms with Gasteiger partial charge in [-0.25, -0.2) is 4.98 Å². The van der Waals surface area contributed by atoms with Gasteiger partial charge in [0.15, 0.2) is 0 Å².